The Bertz CT molecular complexity index is 1530. The van der Waals surface area contributed by atoms with E-state index >= 15 is 0 Å². The van der Waals surface area contributed by atoms with Crippen molar-refractivity contribution in [3.8, 4) is 0 Å². The second-order valence-electron chi connectivity index (χ2n) is 7.56. The van der Waals surface area contributed by atoms with Gasteiger partial charge in [0.05, 0.1) is 5.69 Å². The lowest BCUT2D eigenvalue weighted by Gasteiger charge is -2.27. The van der Waals surface area contributed by atoms with Crippen molar-refractivity contribution in [2.24, 2.45) is 0 Å². The van der Waals surface area contributed by atoms with Crippen molar-refractivity contribution >= 4 is 49.8 Å². The molecule has 3 heteroatoms. The highest BCUT2D eigenvalue weighted by Gasteiger charge is 2.19. The van der Waals surface area contributed by atoms with Crippen LogP contribution in [0.4, 0.5) is 21.5 Å². The lowest BCUT2D eigenvalue weighted by molar-refractivity contribution is 0.628. The first-order chi connectivity index (χ1) is 15.3. The number of benzene rings is 5. The molecule has 6 rings (SSSR count). The molecule has 0 bridgehead atoms. The van der Waals surface area contributed by atoms with Crippen molar-refractivity contribution in [2.75, 3.05) is 4.90 Å². The molecule has 0 saturated carbocycles. The Morgan fingerprint density at radius 2 is 1.16 bits per heavy atom. The summed E-state index contributed by atoms with van der Waals surface area (Å²) in [7, 11) is 0. The molecule has 0 atom stereocenters. The molecule has 0 N–H and O–H groups in total. The van der Waals surface area contributed by atoms with Crippen molar-refractivity contribution in [1.82, 2.24) is 0 Å². The number of hydrogen-bond acceptors (Lipinski definition) is 2. The van der Waals surface area contributed by atoms with Crippen LogP contribution in [0.2, 0.25) is 0 Å². The third-order valence-corrected chi connectivity index (χ3v) is 5.70. The smallest absolute Gasteiger partial charge is 0.143 e. The van der Waals surface area contributed by atoms with E-state index in [4.69, 9.17) is 4.42 Å². The number of halogens is 1. The SMILES string of the molecule is Fc1ccc(N(c2ccccc2)c2cc3c4ccccc4oc3c3ccccc23)cc1. The molecule has 148 valence electrons. The summed E-state index contributed by atoms with van der Waals surface area (Å²) in [5, 5.41) is 4.26. The molecule has 0 spiro atoms. The molecule has 5 aromatic carbocycles. The number of furan rings is 1. The molecule has 0 saturated heterocycles. The van der Waals surface area contributed by atoms with E-state index in [1.807, 2.05) is 60.7 Å². The number of fused-ring (bicyclic) bond motifs is 5. The maximum absolute atomic E-state index is 13.7. The number of anilines is 3. The molecule has 0 radical (unpaired) electrons. The fourth-order valence-corrected chi connectivity index (χ4v) is 4.31. The summed E-state index contributed by atoms with van der Waals surface area (Å²) in [6, 6.07) is 35.3. The minimum Gasteiger partial charge on any atom is -0.455 e. The van der Waals surface area contributed by atoms with Crippen LogP contribution in [0.1, 0.15) is 0 Å². The van der Waals surface area contributed by atoms with E-state index in [-0.39, 0.29) is 5.82 Å². The van der Waals surface area contributed by atoms with Gasteiger partial charge < -0.3 is 9.32 Å². The summed E-state index contributed by atoms with van der Waals surface area (Å²) in [5.41, 5.74) is 4.67. The molecule has 6 aromatic rings. The molecule has 1 aromatic heterocycles. The van der Waals surface area contributed by atoms with Gasteiger partial charge in [0.15, 0.2) is 0 Å². The van der Waals surface area contributed by atoms with Crippen molar-refractivity contribution < 1.29 is 8.81 Å². The Labute approximate surface area is 178 Å². The van der Waals surface area contributed by atoms with Gasteiger partial charge in [-0.25, -0.2) is 4.39 Å². The maximum Gasteiger partial charge on any atom is 0.143 e. The van der Waals surface area contributed by atoms with Gasteiger partial charge in [0, 0.05) is 32.9 Å². The first-order valence-corrected chi connectivity index (χ1v) is 10.2. The zero-order valence-electron chi connectivity index (χ0n) is 16.6. The van der Waals surface area contributed by atoms with Crippen LogP contribution >= 0.6 is 0 Å². The fourth-order valence-electron chi connectivity index (χ4n) is 4.31. The molecule has 2 nitrogen and oxygen atoms in total. The fraction of sp³-hybridized carbons (Fsp3) is 0. The van der Waals surface area contributed by atoms with E-state index < -0.39 is 0 Å². The van der Waals surface area contributed by atoms with Gasteiger partial charge in [-0.1, -0.05) is 60.7 Å². The van der Waals surface area contributed by atoms with Crippen LogP contribution in [0, 0.1) is 5.82 Å². The van der Waals surface area contributed by atoms with Crippen molar-refractivity contribution in [2.45, 2.75) is 0 Å². The number of para-hydroxylation sites is 2. The van der Waals surface area contributed by atoms with Gasteiger partial charge in [-0.2, -0.15) is 0 Å². The van der Waals surface area contributed by atoms with E-state index in [0.29, 0.717) is 0 Å². The maximum atomic E-state index is 13.7. The highest BCUT2D eigenvalue weighted by atomic mass is 19.1. The van der Waals surface area contributed by atoms with E-state index in [1.54, 1.807) is 0 Å². The Morgan fingerprint density at radius 3 is 1.94 bits per heavy atom. The van der Waals surface area contributed by atoms with Crippen LogP contribution in [0.3, 0.4) is 0 Å². The zero-order valence-corrected chi connectivity index (χ0v) is 16.6. The van der Waals surface area contributed by atoms with E-state index in [2.05, 4.69) is 41.3 Å². The largest absolute Gasteiger partial charge is 0.455 e. The predicted molar refractivity (Wildman–Crippen MR) is 126 cm³/mol. The summed E-state index contributed by atoms with van der Waals surface area (Å²) in [6.45, 7) is 0. The Morgan fingerprint density at radius 1 is 0.548 bits per heavy atom. The number of nitrogens with zero attached hydrogens (tertiary/aromatic N) is 1. The van der Waals surface area contributed by atoms with Gasteiger partial charge in [0.1, 0.15) is 17.0 Å². The number of hydrogen-bond donors (Lipinski definition) is 0. The highest BCUT2D eigenvalue weighted by molar-refractivity contribution is 6.19. The standard InChI is InChI=1S/C28H18FNO/c29-19-14-16-21(17-15-19)30(20-8-2-1-3-9-20)26-18-25-23-11-6-7-13-27(23)31-28(25)24-12-5-4-10-22(24)26/h1-18H. The van der Waals surface area contributed by atoms with Crippen LogP contribution in [0.5, 0.6) is 0 Å². The molecule has 1 heterocycles. The van der Waals surface area contributed by atoms with Crippen molar-refractivity contribution in [3.05, 3.63) is 115 Å². The number of rotatable bonds is 3. The quantitative estimate of drug-likeness (QED) is 0.295. The van der Waals surface area contributed by atoms with Gasteiger partial charge in [-0.15, -0.1) is 0 Å². The minimum atomic E-state index is -0.252. The first-order valence-electron chi connectivity index (χ1n) is 10.2. The van der Waals surface area contributed by atoms with Gasteiger partial charge in [-0.3, -0.25) is 0 Å². The van der Waals surface area contributed by atoms with Crippen LogP contribution in [-0.4, -0.2) is 0 Å². The third kappa shape index (κ3) is 2.86. The topological polar surface area (TPSA) is 16.4 Å². The Kier molecular flexibility index (Phi) is 4.00. The molecular formula is C28H18FNO. The molecule has 0 aliphatic rings. The summed E-state index contributed by atoms with van der Waals surface area (Å²) >= 11 is 0. The second kappa shape index (κ2) is 6.99. The zero-order chi connectivity index (χ0) is 20.8. The molecule has 0 unspecified atom stereocenters. The van der Waals surface area contributed by atoms with E-state index in [0.717, 1.165) is 49.8 Å². The normalized spacial score (nSPS) is 11.4. The lowest BCUT2D eigenvalue weighted by atomic mass is 10.0. The average molecular weight is 403 g/mol. The first kappa shape index (κ1) is 17.7. The van der Waals surface area contributed by atoms with Crippen LogP contribution in [-0.2, 0) is 0 Å². The van der Waals surface area contributed by atoms with Gasteiger partial charge in [0.25, 0.3) is 0 Å². The lowest BCUT2D eigenvalue weighted by Crippen LogP contribution is -2.10. The highest BCUT2D eigenvalue weighted by Crippen LogP contribution is 2.44. The van der Waals surface area contributed by atoms with Crippen molar-refractivity contribution in [1.29, 1.82) is 0 Å². The Balaban J connectivity index is 1.74. The Hall–Kier alpha value is -4.11. The minimum absolute atomic E-state index is 0.252. The summed E-state index contributed by atoms with van der Waals surface area (Å²) in [5.74, 6) is -0.252. The van der Waals surface area contributed by atoms with Gasteiger partial charge in [-0.05, 0) is 48.5 Å². The molecule has 0 aliphatic heterocycles. The summed E-state index contributed by atoms with van der Waals surface area (Å²) in [6.07, 6.45) is 0. The van der Waals surface area contributed by atoms with Crippen LogP contribution in [0.25, 0.3) is 32.7 Å². The molecule has 31 heavy (non-hydrogen) atoms. The summed E-state index contributed by atoms with van der Waals surface area (Å²) < 4.78 is 20.0. The predicted octanol–water partition coefficient (Wildman–Crippen LogP) is 8.35. The molecular weight excluding hydrogens is 385 g/mol. The third-order valence-electron chi connectivity index (χ3n) is 5.70. The average Bonchev–Trinajstić information content (AvgIpc) is 3.20. The van der Waals surface area contributed by atoms with Gasteiger partial charge >= 0.3 is 0 Å². The molecule has 0 amide bonds. The monoisotopic (exact) mass is 403 g/mol. The van der Waals surface area contributed by atoms with E-state index in [1.165, 1.54) is 12.1 Å². The van der Waals surface area contributed by atoms with Crippen molar-refractivity contribution in [3.63, 3.8) is 0 Å². The molecule has 0 fully saturated rings. The second-order valence-corrected chi connectivity index (χ2v) is 7.56. The van der Waals surface area contributed by atoms with Gasteiger partial charge in [0.2, 0.25) is 0 Å². The molecule has 0 aliphatic carbocycles. The summed E-state index contributed by atoms with van der Waals surface area (Å²) in [4.78, 5) is 2.17. The van der Waals surface area contributed by atoms with Crippen LogP contribution in [0.15, 0.2) is 114 Å². The van der Waals surface area contributed by atoms with Crippen LogP contribution < -0.4 is 4.90 Å². The van der Waals surface area contributed by atoms with E-state index in [9.17, 15) is 4.39 Å².